The Morgan fingerprint density at radius 1 is 0.917 bits per heavy atom. The van der Waals surface area contributed by atoms with Gasteiger partial charge >= 0.3 is 0 Å². The first-order chi connectivity index (χ1) is 17.4. The van der Waals surface area contributed by atoms with Crippen molar-refractivity contribution >= 4 is 45.7 Å². The highest BCUT2D eigenvalue weighted by Gasteiger charge is 2.23. The van der Waals surface area contributed by atoms with Crippen LogP contribution in [-0.4, -0.2) is 32.2 Å². The van der Waals surface area contributed by atoms with Gasteiger partial charge in [0.05, 0.1) is 16.2 Å². The molecule has 0 radical (unpaired) electrons. The Morgan fingerprint density at radius 2 is 1.50 bits per heavy atom. The lowest BCUT2D eigenvalue weighted by molar-refractivity contribution is -0.384. The van der Waals surface area contributed by atoms with Crippen LogP contribution in [0.25, 0.3) is 0 Å². The molecular weight excluding hydrogens is 498 g/mol. The molecule has 36 heavy (non-hydrogen) atoms. The van der Waals surface area contributed by atoms with Gasteiger partial charge in [-0.1, -0.05) is 83.8 Å². The molecule has 0 spiro atoms. The number of carbonyl (C=O) groups is 2. The molecule has 1 atom stereocenters. The number of thioether (sulfide) groups is 1. The number of carbonyl (C=O) groups excluding carboxylic acids is 2. The fourth-order valence-corrected chi connectivity index (χ4v) is 5.23. The van der Waals surface area contributed by atoms with E-state index in [1.54, 1.807) is 6.92 Å². The lowest BCUT2D eigenvalue weighted by atomic mass is 9.98. The number of nitro benzene ring substituents is 1. The van der Waals surface area contributed by atoms with E-state index in [-0.39, 0.29) is 28.3 Å². The summed E-state index contributed by atoms with van der Waals surface area (Å²) in [6, 6.07) is 24.4. The van der Waals surface area contributed by atoms with Crippen molar-refractivity contribution in [2.45, 2.75) is 22.6 Å². The van der Waals surface area contributed by atoms with E-state index in [1.165, 1.54) is 36.0 Å². The number of nitrogens with zero attached hydrogens (tertiary/aromatic N) is 3. The molecule has 1 aromatic heterocycles. The third-order valence-corrected chi connectivity index (χ3v) is 7.19. The largest absolute Gasteiger partial charge is 0.344 e. The molecule has 182 valence electrons. The van der Waals surface area contributed by atoms with Crippen LogP contribution in [0.5, 0.6) is 0 Å². The highest BCUT2D eigenvalue weighted by atomic mass is 32.2. The quantitative estimate of drug-likeness (QED) is 0.137. The van der Waals surface area contributed by atoms with Gasteiger partial charge < -0.3 is 5.32 Å². The van der Waals surface area contributed by atoms with Crippen LogP contribution in [0, 0.1) is 10.1 Å². The maximum atomic E-state index is 13.1. The number of nitrogens with one attached hydrogen (secondary N) is 2. The summed E-state index contributed by atoms with van der Waals surface area (Å²) in [6.45, 7) is 1.78. The lowest BCUT2D eigenvalue weighted by Gasteiger charge is -2.21. The second-order valence-corrected chi connectivity index (χ2v) is 10.2. The third-order valence-electron chi connectivity index (χ3n) is 5.17. The summed E-state index contributed by atoms with van der Waals surface area (Å²) < 4.78 is 0.521. The van der Waals surface area contributed by atoms with E-state index in [0.717, 1.165) is 22.5 Å². The fraction of sp³-hybridized carbons (Fsp3) is 0.120. The van der Waals surface area contributed by atoms with Crippen molar-refractivity contribution in [1.82, 2.24) is 15.5 Å². The standard InChI is InChI=1S/C25H21N5O4S2/c1-16(22(31)26-21(17-8-4-2-5-9-17)18-10-6-3-7-11-18)35-25-29-28-24(36-25)27-23(32)19-12-14-20(15-13-19)30(33)34/h2-16,21H,1H3,(H,26,31)(H,27,28,32). The van der Waals surface area contributed by atoms with E-state index in [1.807, 2.05) is 60.7 Å². The Bertz CT molecular complexity index is 1310. The van der Waals surface area contributed by atoms with Gasteiger partial charge in [0.15, 0.2) is 4.34 Å². The normalized spacial score (nSPS) is 11.6. The number of nitro groups is 1. The van der Waals surface area contributed by atoms with E-state index < -0.39 is 16.1 Å². The molecule has 2 amide bonds. The maximum Gasteiger partial charge on any atom is 0.269 e. The van der Waals surface area contributed by atoms with Gasteiger partial charge in [0, 0.05) is 17.7 Å². The Balaban J connectivity index is 1.38. The van der Waals surface area contributed by atoms with E-state index in [9.17, 15) is 19.7 Å². The zero-order valence-corrected chi connectivity index (χ0v) is 20.7. The van der Waals surface area contributed by atoms with Gasteiger partial charge in [-0.15, -0.1) is 10.2 Å². The minimum Gasteiger partial charge on any atom is -0.344 e. The third kappa shape index (κ3) is 6.32. The number of hydrogen-bond acceptors (Lipinski definition) is 8. The van der Waals surface area contributed by atoms with Crippen molar-refractivity contribution in [2.24, 2.45) is 0 Å². The number of non-ortho nitro benzene ring substituents is 1. The van der Waals surface area contributed by atoms with Crippen LogP contribution >= 0.6 is 23.1 Å². The molecule has 0 saturated heterocycles. The predicted molar refractivity (Wildman–Crippen MR) is 139 cm³/mol. The molecule has 0 saturated carbocycles. The number of benzene rings is 3. The van der Waals surface area contributed by atoms with Gasteiger partial charge in [-0.3, -0.25) is 25.0 Å². The van der Waals surface area contributed by atoms with Gasteiger partial charge in [-0.05, 0) is 30.2 Å². The maximum absolute atomic E-state index is 13.1. The minimum absolute atomic E-state index is 0.102. The van der Waals surface area contributed by atoms with Gasteiger partial charge in [-0.25, -0.2) is 0 Å². The highest BCUT2D eigenvalue weighted by Crippen LogP contribution is 2.30. The summed E-state index contributed by atoms with van der Waals surface area (Å²) in [5.74, 6) is -0.624. The second kappa shape index (κ2) is 11.6. The van der Waals surface area contributed by atoms with Gasteiger partial charge in [-0.2, -0.15) is 0 Å². The Kier molecular flexibility index (Phi) is 8.03. The number of amides is 2. The van der Waals surface area contributed by atoms with E-state index in [2.05, 4.69) is 20.8 Å². The first kappa shape index (κ1) is 25.0. The molecule has 3 aromatic carbocycles. The van der Waals surface area contributed by atoms with Crippen molar-refractivity contribution < 1.29 is 14.5 Å². The van der Waals surface area contributed by atoms with Crippen LogP contribution in [0.1, 0.15) is 34.5 Å². The molecule has 1 heterocycles. The van der Waals surface area contributed by atoms with E-state index in [0.29, 0.717) is 4.34 Å². The van der Waals surface area contributed by atoms with Crippen LogP contribution in [0.2, 0.25) is 0 Å². The van der Waals surface area contributed by atoms with Crippen molar-refractivity contribution in [2.75, 3.05) is 5.32 Å². The topological polar surface area (TPSA) is 127 Å². The fourth-order valence-electron chi connectivity index (χ4n) is 3.33. The summed E-state index contributed by atoms with van der Waals surface area (Å²) in [4.78, 5) is 35.7. The Hall–Kier alpha value is -4.09. The molecule has 0 aliphatic carbocycles. The first-order valence-corrected chi connectivity index (χ1v) is 12.6. The molecule has 4 aromatic rings. The Labute approximate surface area is 215 Å². The number of hydrogen-bond donors (Lipinski definition) is 2. The molecule has 0 aliphatic rings. The molecule has 2 N–H and O–H groups in total. The molecule has 4 rings (SSSR count). The van der Waals surface area contributed by atoms with Crippen molar-refractivity contribution in [3.8, 4) is 0 Å². The zero-order valence-electron chi connectivity index (χ0n) is 19.0. The molecule has 0 aliphatic heterocycles. The van der Waals surface area contributed by atoms with Gasteiger partial charge in [0.2, 0.25) is 11.0 Å². The number of aromatic nitrogens is 2. The molecule has 0 bridgehead atoms. The summed E-state index contributed by atoms with van der Waals surface area (Å²) in [6.07, 6.45) is 0. The van der Waals surface area contributed by atoms with Crippen LogP contribution in [0.4, 0.5) is 10.8 Å². The van der Waals surface area contributed by atoms with Gasteiger partial charge in [0.25, 0.3) is 11.6 Å². The first-order valence-electron chi connectivity index (χ1n) is 10.9. The van der Waals surface area contributed by atoms with E-state index >= 15 is 0 Å². The molecule has 9 nitrogen and oxygen atoms in total. The van der Waals surface area contributed by atoms with Crippen LogP contribution in [0.15, 0.2) is 89.3 Å². The van der Waals surface area contributed by atoms with Crippen LogP contribution < -0.4 is 10.6 Å². The summed E-state index contributed by atoms with van der Waals surface area (Å²) in [5, 5.41) is 24.4. The molecular formula is C25H21N5O4S2. The Morgan fingerprint density at radius 3 is 2.06 bits per heavy atom. The predicted octanol–water partition coefficient (Wildman–Crippen LogP) is 5.09. The average molecular weight is 520 g/mol. The van der Waals surface area contributed by atoms with Crippen molar-refractivity contribution in [3.05, 3.63) is 112 Å². The lowest BCUT2D eigenvalue weighted by Crippen LogP contribution is -2.34. The zero-order chi connectivity index (χ0) is 25.5. The number of rotatable bonds is 9. The molecule has 0 fully saturated rings. The average Bonchev–Trinajstić information content (AvgIpc) is 3.34. The van der Waals surface area contributed by atoms with Crippen LogP contribution in [-0.2, 0) is 4.79 Å². The smallest absolute Gasteiger partial charge is 0.269 e. The molecule has 1 unspecified atom stereocenters. The van der Waals surface area contributed by atoms with Gasteiger partial charge in [0.1, 0.15) is 0 Å². The number of anilines is 1. The summed E-state index contributed by atoms with van der Waals surface area (Å²) in [5.41, 5.74) is 2.10. The minimum atomic E-state index is -0.533. The molecule has 11 heteroatoms. The SMILES string of the molecule is CC(Sc1nnc(NC(=O)c2ccc([N+](=O)[O-])cc2)s1)C(=O)NC(c1ccccc1)c1ccccc1. The van der Waals surface area contributed by atoms with E-state index in [4.69, 9.17) is 0 Å². The second-order valence-electron chi connectivity index (χ2n) is 7.65. The summed E-state index contributed by atoms with van der Waals surface area (Å²) >= 11 is 2.38. The highest BCUT2D eigenvalue weighted by molar-refractivity contribution is 8.02. The summed E-state index contributed by atoms with van der Waals surface area (Å²) in [7, 11) is 0. The van der Waals surface area contributed by atoms with Crippen LogP contribution in [0.3, 0.4) is 0 Å². The monoisotopic (exact) mass is 519 g/mol. The van der Waals surface area contributed by atoms with Crippen molar-refractivity contribution in [3.63, 3.8) is 0 Å². The van der Waals surface area contributed by atoms with Crippen molar-refractivity contribution in [1.29, 1.82) is 0 Å².